The summed E-state index contributed by atoms with van der Waals surface area (Å²) in [6.45, 7) is 12.1. The van der Waals surface area contributed by atoms with E-state index >= 15 is 0 Å². The molecule has 2 N–H and O–H groups in total. The van der Waals surface area contributed by atoms with Crippen LogP contribution in [0.1, 0.15) is 46.1 Å². The van der Waals surface area contributed by atoms with Crippen LogP contribution in [0.3, 0.4) is 0 Å². The van der Waals surface area contributed by atoms with Crippen molar-refractivity contribution >= 4 is 11.9 Å². The molecule has 1 unspecified atom stereocenters. The van der Waals surface area contributed by atoms with Gasteiger partial charge in [0, 0.05) is 38.6 Å². The van der Waals surface area contributed by atoms with E-state index in [1.807, 2.05) is 37.8 Å². The second kappa shape index (κ2) is 12.2. The van der Waals surface area contributed by atoms with Gasteiger partial charge in [0.1, 0.15) is 0 Å². The van der Waals surface area contributed by atoms with Gasteiger partial charge in [0.15, 0.2) is 17.5 Å². The van der Waals surface area contributed by atoms with Crippen molar-refractivity contribution in [2.24, 2.45) is 4.99 Å². The van der Waals surface area contributed by atoms with Gasteiger partial charge in [-0.15, -0.1) is 0 Å². The second-order valence-corrected chi connectivity index (χ2v) is 6.98. The summed E-state index contributed by atoms with van der Waals surface area (Å²) in [7, 11) is 0. The molecule has 1 fully saturated rings. The van der Waals surface area contributed by atoms with Crippen LogP contribution in [0.5, 0.6) is 11.5 Å². The van der Waals surface area contributed by atoms with Crippen LogP contribution in [0.2, 0.25) is 0 Å². The number of amides is 1. The van der Waals surface area contributed by atoms with Gasteiger partial charge in [0.05, 0.1) is 13.2 Å². The number of nitrogens with zero attached hydrogens (tertiary/aromatic N) is 2. The molecule has 0 radical (unpaired) electrons. The van der Waals surface area contributed by atoms with Gasteiger partial charge in [0.2, 0.25) is 5.91 Å². The zero-order valence-corrected chi connectivity index (χ0v) is 18.3. The maximum Gasteiger partial charge on any atom is 0.222 e. The number of nitrogens with one attached hydrogen (secondary N) is 2. The monoisotopic (exact) mass is 404 g/mol. The Hall–Kier alpha value is -2.44. The average molecular weight is 405 g/mol. The van der Waals surface area contributed by atoms with Gasteiger partial charge in [-0.25, -0.2) is 0 Å². The van der Waals surface area contributed by atoms with Crippen molar-refractivity contribution in [3.63, 3.8) is 0 Å². The first-order valence-corrected chi connectivity index (χ1v) is 10.8. The van der Waals surface area contributed by atoms with Gasteiger partial charge >= 0.3 is 0 Å². The molecule has 0 aliphatic carbocycles. The Balaban J connectivity index is 1.93. The Morgan fingerprint density at radius 2 is 1.93 bits per heavy atom. The first-order chi connectivity index (χ1) is 14.1. The summed E-state index contributed by atoms with van der Waals surface area (Å²) in [4.78, 5) is 18.5. The van der Waals surface area contributed by atoms with Crippen molar-refractivity contribution < 1.29 is 14.3 Å². The molecular weight excluding hydrogens is 368 g/mol. The lowest BCUT2D eigenvalue weighted by molar-refractivity contribution is -0.129. The van der Waals surface area contributed by atoms with Crippen LogP contribution in [-0.4, -0.2) is 62.2 Å². The third-order valence-electron chi connectivity index (χ3n) is 4.81. The fraction of sp³-hybridized carbons (Fsp3) is 0.636. The summed E-state index contributed by atoms with van der Waals surface area (Å²) in [5.41, 5.74) is 1.16. The van der Waals surface area contributed by atoms with Crippen molar-refractivity contribution in [1.29, 1.82) is 0 Å². The summed E-state index contributed by atoms with van der Waals surface area (Å²) in [5, 5.41) is 6.77. The minimum atomic E-state index is 0.219. The van der Waals surface area contributed by atoms with E-state index < -0.39 is 0 Å². The molecular formula is C22H36N4O3. The number of guanidine groups is 1. The molecule has 29 heavy (non-hydrogen) atoms. The van der Waals surface area contributed by atoms with Crippen molar-refractivity contribution in [2.45, 2.75) is 53.0 Å². The van der Waals surface area contributed by atoms with Gasteiger partial charge in [-0.2, -0.15) is 0 Å². The highest BCUT2D eigenvalue weighted by atomic mass is 16.5. The molecule has 1 amide bonds. The van der Waals surface area contributed by atoms with Crippen molar-refractivity contribution in [2.75, 3.05) is 39.4 Å². The number of aliphatic imine (C=N–C) groups is 1. The van der Waals surface area contributed by atoms with Gasteiger partial charge in [-0.05, 0) is 51.3 Å². The molecule has 1 aromatic rings. The number of likely N-dealkylation sites (tertiary alicyclic amines) is 1. The van der Waals surface area contributed by atoms with E-state index in [1.54, 1.807) is 0 Å². The van der Waals surface area contributed by atoms with Gasteiger partial charge in [-0.1, -0.05) is 13.0 Å². The maximum atomic E-state index is 11.9. The smallest absolute Gasteiger partial charge is 0.222 e. The summed E-state index contributed by atoms with van der Waals surface area (Å²) in [6.07, 6.45) is 2.33. The van der Waals surface area contributed by atoms with Crippen LogP contribution in [0.15, 0.2) is 23.2 Å². The molecule has 2 rings (SSSR count). The molecule has 162 valence electrons. The summed E-state index contributed by atoms with van der Waals surface area (Å²) < 4.78 is 11.3. The van der Waals surface area contributed by atoms with Crippen LogP contribution in [-0.2, 0) is 11.2 Å². The predicted molar refractivity (Wildman–Crippen MR) is 117 cm³/mol. The number of hydrogen-bond donors (Lipinski definition) is 2. The molecule has 1 atom stereocenters. The van der Waals surface area contributed by atoms with E-state index in [4.69, 9.17) is 14.5 Å². The normalized spacial score (nSPS) is 16.6. The summed E-state index contributed by atoms with van der Waals surface area (Å²) in [5.74, 6) is 2.59. The largest absolute Gasteiger partial charge is 0.490 e. The fourth-order valence-corrected chi connectivity index (χ4v) is 3.39. The Morgan fingerprint density at radius 1 is 1.17 bits per heavy atom. The standard InChI is InChI=1S/C22H36N4O3/c1-5-21(27)26-14-12-18(16-26)25-22(23-6-2)24-13-11-17-9-10-19(28-7-3)20(15-17)29-8-4/h9-10,15,18H,5-8,11-14,16H2,1-4H3,(H2,23,24,25). The topological polar surface area (TPSA) is 75.2 Å². The third kappa shape index (κ3) is 7.15. The predicted octanol–water partition coefficient (Wildman–Crippen LogP) is 2.59. The van der Waals surface area contributed by atoms with Gasteiger partial charge < -0.3 is 25.0 Å². The van der Waals surface area contributed by atoms with Crippen LogP contribution < -0.4 is 20.1 Å². The highest BCUT2D eigenvalue weighted by Gasteiger charge is 2.25. The first kappa shape index (κ1) is 22.8. The molecule has 1 saturated heterocycles. The highest BCUT2D eigenvalue weighted by molar-refractivity contribution is 5.80. The number of ether oxygens (including phenoxy) is 2. The van der Waals surface area contributed by atoms with Crippen molar-refractivity contribution in [3.05, 3.63) is 23.8 Å². The van der Waals surface area contributed by atoms with Crippen LogP contribution in [0.25, 0.3) is 0 Å². The maximum absolute atomic E-state index is 11.9. The average Bonchev–Trinajstić information content (AvgIpc) is 3.18. The lowest BCUT2D eigenvalue weighted by Crippen LogP contribution is -2.45. The molecule has 0 bridgehead atoms. The number of rotatable bonds is 10. The van der Waals surface area contributed by atoms with E-state index in [2.05, 4.69) is 23.6 Å². The van der Waals surface area contributed by atoms with Crippen LogP contribution >= 0.6 is 0 Å². The zero-order chi connectivity index (χ0) is 21.1. The minimum absolute atomic E-state index is 0.219. The Morgan fingerprint density at radius 3 is 2.62 bits per heavy atom. The summed E-state index contributed by atoms with van der Waals surface area (Å²) in [6, 6.07) is 6.32. The molecule has 1 aliphatic heterocycles. The molecule has 0 aromatic heterocycles. The van der Waals surface area contributed by atoms with Gasteiger partial charge in [0.25, 0.3) is 0 Å². The fourth-order valence-electron chi connectivity index (χ4n) is 3.39. The SMILES string of the molecule is CCNC(=NCCc1ccc(OCC)c(OCC)c1)NC1CCN(C(=O)CC)C1. The second-order valence-electron chi connectivity index (χ2n) is 6.98. The molecule has 7 nitrogen and oxygen atoms in total. The zero-order valence-electron chi connectivity index (χ0n) is 18.3. The number of carbonyl (C=O) groups is 1. The lowest BCUT2D eigenvalue weighted by Gasteiger charge is -2.18. The number of benzene rings is 1. The summed E-state index contributed by atoms with van der Waals surface area (Å²) >= 11 is 0. The molecule has 1 aliphatic rings. The Kier molecular flexibility index (Phi) is 9.60. The molecule has 0 saturated carbocycles. The van der Waals surface area contributed by atoms with E-state index in [0.29, 0.717) is 26.2 Å². The quantitative estimate of drug-likeness (QED) is 0.463. The van der Waals surface area contributed by atoms with E-state index in [0.717, 1.165) is 55.5 Å². The van der Waals surface area contributed by atoms with E-state index in [9.17, 15) is 4.79 Å². The van der Waals surface area contributed by atoms with Crippen molar-refractivity contribution in [3.8, 4) is 11.5 Å². The Bertz CT molecular complexity index is 678. The highest BCUT2D eigenvalue weighted by Crippen LogP contribution is 2.28. The van der Waals surface area contributed by atoms with Crippen LogP contribution in [0.4, 0.5) is 0 Å². The number of carbonyl (C=O) groups excluding carboxylic acids is 1. The lowest BCUT2D eigenvalue weighted by atomic mass is 10.1. The first-order valence-electron chi connectivity index (χ1n) is 10.8. The minimum Gasteiger partial charge on any atom is -0.490 e. The third-order valence-corrected chi connectivity index (χ3v) is 4.81. The Labute approximate surface area is 174 Å². The molecule has 1 aromatic carbocycles. The van der Waals surface area contributed by atoms with Crippen LogP contribution in [0, 0.1) is 0 Å². The van der Waals surface area contributed by atoms with Crippen molar-refractivity contribution in [1.82, 2.24) is 15.5 Å². The van der Waals surface area contributed by atoms with E-state index in [1.165, 1.54) is 0 Å². The molecule has 0 spiro atoms. The molecule has 7 heteroatoms. The molecule has 1 heterocycles. The number of hydrogen-bond acceptors (Lipinski definition) is 4. The van der Waals surface area contributed by atoms with Gasteiger partial charge in [-0.3, -0.25) is 9.79 Å². The van der Waals surface area contributed by atoms with E-state index in [-0.39, 0.29) is 11.9 Å².